The quantitative estimate of drug-likeness (QED) is 0.160. The van der Waals surface area contributed by atoms with Crippen LogP contribution in [0, 0.1) is 23.7 Å². The molecule has 0 amide bonds. The molecule has 4 bridgehead atoms. The minimum Gasteiger partial charge on any atom is -0.456 e. The van der Waals surface area contributed by atoms with Crippen molar-refractivity contribution in [1.82, 2.24) is 15.0 Å². The Morgan fingerprint density at radius 1 is 0.371 bits per heavy atom. The van der Waals surface area contributed by atoms with Crippen LogP contribution in [-0.2, 0) is 5.41 Å². The molecular weight excluding hydrogens is 851 g/mol. The predicted molar refractivity (Wildman–Crippen MR) is 284 cm³/mol. The van der Waals surface area contributed by atoms with Crippen LogP contribution in [0.2, 0.25) is 0 Å². The van der Waals surface area contributed by atoms with E-state index in [9.17, 15) is 0 Å². The van der Waals surface area contributed by atoms with Crippen molar-refractivity contribution in [3.8, 4) is 78.7 Å². The second-order valence-corrected chi connectivity index (χ2v) is 21.5. The molecule has 6 aliphatic rings. The summed E-state index contributed by atoms with van der Waals surface area (Å²) in [4.78, 5) is 15.9. The number of hydrogen-bond donors (Lipinski definition) is 0. The van der Waals surface area contributed by atoms with Gasteiger partial charge < -0.3 is 4.42 Å². The lowest BCUT2D eigenvalue weighted by Gasteiger charge is -2.54. The Hall–Kier alpha value is -7.43. The van der Waals surface area contributed by atoms with E-state index >= 15 is 0 Å². The Labute approximate surface area is 409 Å². The summed E-state index contributed by atoms with van der Waals surface area (Å²) in [6.45, 7) is 0. The molecule has 16 rings (SSSR count). The average molecular weight is 904 g/mol. The molecule has 6 aliphatic carbocycles. The Kier molecular flexibility index (Phi) is 9.13. The van der Waals surface area contributed by atoms with Gasteiger partial charge in [-0.1, -0.05) is 140 Å². The summed E-state index contributed by atoms with van der Waals surface area (Å²) < 4.78 is 6.49. The minimum atomic E-state index is 0.0788. The van der Waals surface area contributed by atoms with Crippen LogP contribution in [0.25, 0.3) is 101 Å². The fourth-order valence-corrected chi connectivity index (χ4v) is 14.7. The van der Waals surface area contributed by atoms with Crippen molar-refractivity contribution in [1.29, 1.82) is 0 Å². The van der Waals surface area contributed by atoms with Crippen molar-refractivity contribution in [2.75, 3.05) is 0 Å². The van der Waals surface area contributed by atoms with Crippen LogP contribution in [0.5, 0.6) is 0 Å². The Bertz CT molecular complexity index is 3650. The number of furan rings is 1. The van der Waals surface area contributed by atoms with Crippen molar-refractivity contribution in [2.24, 2.45) is 23.7 Å². The fourth-order valence-electron chi connectivity index (χ4n) is 14.7. The molecular formula is C66H53N3O. The number of hydrogen-bond acceptors (Lipinski definition) is 4. The van der Waals surface area contributed by atoms with Crippen molar-refractivity contribution in [3.63, 3.8) is 0 Å². The van der Waals surface area contributed by atoms with E-state index in [1.54, 1.807) is 5.56 Å². The number of nitrogens with zero attached hydrogens (tertiary/aromatic N) is 3. The molecule has 0 aliphatic heterocycles. The molecule has 0 unspecified atom stereocenters. The molecule has 4 heteroatoms. The normalized spacial score (nSPS) is 21.5. The lowest BCUT2D eigenvalue weighted by Crippen LogP contribution is -2.43. The van der Waals surface area contributed by atoms with E-state index in [4.69, 9.17) is 19.4 Å². The van der Waals surface area contributed by atoms with E-state index in [0.717, 1.165) is 73.4 Å². The van der Waals surface area contributed by atoms with Gasteiger partial charge >= 0.3 is 0 Å². The summed E-state index contributed by atoms with van der Waals surface area (Å²) in [5.74, 6) is 6.28. The average Bonchev–Trinajstić information content (AvgIpc) is 4.13. The second kappa shape index (κ2) is 15.8. The molecule has 70 heavy (non-hydrogen) atoms. The standard InChI is InChI=1S/C66H53N3O/c1-3-11-42(12-4-1)47-22-25-56-57-37-48(23-26-60(57)70-61(56)39-47)64-67-63(45-13-5-2-6-14-45)68-65(69-64)53-35-49(43-17-19-44(20-18-43)62-51-30-40-29-41(32-51)33-52(62)31-40)34-50(36-53)46-21-24-55-54-15-7-8-16-58(54)66(59(55)38-46)27-9-10-28-66/h1-8,11-26,34-41,51-52,62H,9-10,27-33H2. The molecule has 5 fully saturated rings. The highest BCUT2D eigenvalue weighted by atomic mass is 16.3. The highest BCUT2D eigenvalue weighted by Crippen LogP contribution is 2.60. The van der Waals surface area contributed by atoms with Gasteiger partial charge in [-0.25, -0.2) is 15.0 Å². The lowest BCUT2D eigenvalue weighted by molar-refractivity contribution is -0.00277. The van der Waals surface area contributed by atoms with E-state index in [2.05, 4.69) is 176 Å². The van der Waals surface area contributed by atoms with Gasteiger partial charge in [-0.2, -0.15) is 0 Å². The van der Waals surface area contributed by atoms with Crippen LogP contribution in [0.4, 0.5) is 0 Å². The molecule has 2 heterocycles. The SMILES string of the molecule is c1ccc(-c2ccc3c(c2)oc2ccc(-c4nc(-c5ccccc5)nc(-c5cc(-c6ccc(C7C8CC9CC(C8)CC7C9)cc6)cc(-c6ccc7c(c6)C6(CCCC6)c6ccccc6-7)c5)n4)cc23)cc1. The molecule has 0 radical (unpaired) electrons. The van der Waals surface area contributed by atoms with Gasteiger partial charge in [0.15, 0.2) is 17.5 Å². The van der Waals surface area contributed by atoms with Gasteiger partial charge in [-0.3, -0.25) is 0 Å². The van der Waals surface area contributed by atoms with Crippen molar-refractivity contribution < 1.29 is 4.42 Å². The first kappa shape index (κ1) is 40.5. The Balaban J connectivity index is 0.878. The monoisotopic (exact) mass is 903 g/mol. The smallest absolute Gasteiger partial charge is 0.164 e. The number of benzene rings is 8. The Morgan fingerprint density at radius 3 is 1.67 bits per heavy atom. The van der Waals surface area contributed by atoms with Gasteiger partial charge in [0, 0.05) is 32.9 Å². The largest absolute Gasteiger partial charge is 0.456 e. The van der Waals surface area contributed by atoms with Crippen molar-refractivity contribution >= 4 is 21.9 Å². The summed E-state index contributed by atoms with van der Waals surface area (Å²) in [6, 6.07) is 66.9. The van der Waals surface area contributed by atoms with Gasteiger partial charge in [-0.05, 0) is 190 Å². The van der Waals surface area contributed by atoms with Gasteiger partial charge in [-0.15, -0.1) is 0 Å². The maximum atomic E-state index is 6.49. The van der Waals surface area contributed by atoms with Crippen LogP contribution >= 0.6 is 0 Å². The molecule has 10 aromatic rings. The van der Waals surface area contributed by atoms with Gasteiger partial charge in [0.2, 0.25) is 0 Å². The lowest BCUT2D eigenvalue weighted by atomic mass is 9.51. The summed E-state index contributed by atoms with van der Waals surface area (Å²) in [7, 11) is 0. The number of aromatic nitrogens is 3. The van der Waals surface area contributed by atoms with Crippen LogP contribution in [0.3, 0.4) is 0 Å². The molecule has 1 spiro atoms. The summed E-state index contributed by atoms with van der Waals surface area (Å²) in [5.41, 5.74) is 19.1. The third kappa shape index (κ3) is 6.52. The summed E-state index contributed by atoms with van der Waals surface area (Å²) >= 11 is 0. The minimum absolute atomic E-state index is 0.0788. The highest BCUT2D eigenvalue weighted by molar-refractivity contribution is 6.07. The van der Waals surface area contributed by atoms with Crippen LogP contribution in [0.15, 0.2) is 186 Å². The molecule has 5 saturated carbocycles. The highest BCUT2D eigenvalue weighted by Gasteiger charge is 2.49. The molecule has 0 atom stereocenters. The topological polar surface area (TPSA) is 51.8 Å². The van der Waals surface area contributed by atoms with Crippen LogP contribution in [-0.4, -0.2) is 15.0 Å². The summed E-state index contributed by atoms with van der Waals surface area (Å²) in [6.07, 6.45) is 12.1. The van der Waals surface area contributed by atoms with Crippen molar-refractivity contribution in [3.05, 3.63) is 199 Å². The third-order valence-electron chi connectivity index (χ3n) is 17.6. The fraction of sp³-hybridized carbons (Fsp3) is 0.227. The first-order chi connectivity index (χ1) is 34.6. The van der Waals surface area contributed by atoms with E-state index in [1.165, 1.54) is 102 Å². The maximum Gasteiger partial charge on any atom is 0.164 e. The third-order valence-corrected chi connectivity index (χ3v) is 17.6. The van der Waals surface area contributed by atoms with Gasteiger partial charge in [0.25, 0.3) is 0 Å². The van der Waals surface area contributed by atoms with Crippen LogP contribution < -0.4 is 0 Å². The first-order valence-electron chi connectivity index (χ1n) is 25.9. The predicted octanol–water partition coefficient (Wildman–Crippen LogP) is 17.2. The maximum absolute atomic E-state index is 6.49. The molecule has 4 nitrogen and oxygen atoms in total. The molecule has 0 N–H and O–H groups in total. The van der Waals surface area contributed by atoms with E-state index in [-0.39, 0.29) is 5.41 Å². The van der Waals surface area contributed by atoms with Crippen molar-refractivity contribution in [2.45, 2.75) is 69.1 Å². The van der Waals surface area contributed by atoms with Crippen LogP contribution in [0.1, 0.15) is 80.4 Å². The Morgan fingerprint density at radius 2 is 0.929 bits per heavy atom. The molecule has 8 aromatic carbocycles. The van der Waals surface area contributed by atoms with Gasteiger partial charge in [0.1, 0.15) is 11.2 Å². The first-order valence-corrected chi connectivity index (χ1v) is 25.9. The number of fused-ring (bicyclic) bond motifs is 8. The zero-order valence-electron chi connectivity index (χ0n) is 39.3. The van der Waals surface area contributed by atoms with E-state index < -0.39 is 0 Å². The number of rotatable bonds is 7. The van der Waals surface area contributed by atoms with E-state index in [1.807, 2.05) is 6.07 Å². The molecule has 338 valence electrons. The van der Waals surface area contributed by atoms with E-state index in [0.29, 0.717) is 23.4 Å². The zero-order valence-corrected chi connectivity index (χ0v) is 39.3. The summed E-state index contributed by atoms with van der Waals surface area (Å²) in [5, 5.41) is 2.10. The second-order valence-electron chi connectivity index (χ2n) is 21.5. The van der Waals surface area contributed by atoms with Gasteiger partial charge in [0.05, 0.1) is 0 Å². The zero-order chi connectivity index (χ0) is 45.9. The molecule has 2 aromatic heterocycles. The molecule has 0 saturated heterocycles.